The Labute approximate surface area is 136 Å². The van der Waals surface area contributed by atoms with E-state index in [0.29, 0.717) is 16.9 Å². The molecule has 0 aliphatic heterocycles. The molecule has 24 heavy (non-hydrogen) atoms. The summed E-state index contributed by atoms with van der Waals surface area (Å²) >= 11 is 0. The average molecular weight is 327 g/mol. The quantitative estimate of drug-likeness (QED) is 0.732. The summed E-state index contributed by atoms with van der Waals surface area (Å²) in [6.45, 7) is 0.0183. The van der Waals surface area contributed by atoms with Gasteiger partial charge in [0, 0.05) is 24.1 Å². The SMILES string of the molecule is O=C(COc1ccc2ccc(=O)oc2c1)NCc1cccc(F)c1. The van der Waals surface area contributed by atoms with Crippen molar-refractivity contribution in [2.75, 3.05) is 6.61 Å². The summed E-state index contributed by atoms with van der Waals surface area (Å²) in [5, 5.41) is 3.40. The first-order valence-electron chi connectivity index (χ1n) is 7.28. The summed E-state index contributed by atoms with van der Waals surface area (Å²) in [5.41, 5.74) is 0.600. The second-order valence-corrected chi connectivity index (χ2v) is 5.15. The number of benzene rings is 2. The number of rotatable bonds is 5. The molecule has 0 bridgehead atoms. The molecule has 3 rings (SSSR count). The number of ether oxygens (including phenoxy) is 1. The Morgan fingerprint density at radius 1 is 1.12 bits per heavy atom. The molecule has 0 saturated carbocycles. The Bertz CT molecular complexity index is 935. The lowest BCUT2D eigenvalue weighted by atomic mass is 10.2. The molecule has 0 radical (unpaired) electrons. The first-order chi connectivity index (χ1) is 11.6. The highest BCUT2D eigenvalue weighted by Gasteiger charge is 2.05. The Balaban J connectivity index is 1.57. The van der Waals surface area contributed by atoms with Crippen LogP contribution in [0.4, 0.5) is 4.39 Å². The summed E-state index contributed by atoms with van der Waals surface area (Å²) < 4.78 is 23.5. The fourth-order valence-corrected chi connectivity index (χ4v) is 2.18. The topological polar surface area (TPSA) is 68.5 Å². The van der Waals surface area contributed by atoms with Crippen molar-refractivity contribution in [2.45, 2.75) is 6.54 Å². The highest BCUT2D eigenvalue weighted by atomic mass is 19.1. The molecule has 122 valence electrons. The first kappa shape index (κ1) is 15.7. The molecule has 0 aliphatic rings. The predicted octanol–water partition coefficient (Wildman–Crippen LogP) is 2.63. The van der Waals surface area contributed by atoms with Crippen molar-refractivity contribution in [3.63, 3.8) is 0 Å². The molecule has 1 aromatic heterocycles. The zero-order valence-corrected chi connectivity index (χ0v) is 12.6. The number of hydrogen-bond acceptors (Lipinski definition) is 4. The van der Waals surface area contributed by atoms with Gasteiger partial charge in [-0.1, -0.05) is 12.1 Å². The first-order valence-corrected chi connectivity index (χ1v) is 7.28. The van der Waals surface area contributed by atoms with Crippen LogP contribution in [0, 0.1) is 5.82 Å². The van der Waals surface area contributed by atoms with Gasteiger partial charge in [0.05, 0.1) is 0 Å². The molecule has 2 aromatic carbocycles. The molecule has 0 unspecified atom stereocenters. The Kier molecular flexibility index (Phi) is 4.56. The van der Waals surface area contributed by atoms with Crippen LogP contribution in [0.1, 0.15) is 5.56 Å². The second-order valence-electron chi connectivity index (χ2n) is 5.15. The predicted molar refractivity (Wildman–Crippen MR) is 86.2 cm³/mol. The van der Waals surface area contributed by atoms with Gasteiger partial charge in [0.25, 0.3) is 5.91 Å². The van der Waals surface area contributed by atoms with Gasteiger partial charge in [-0.3, -0.25) is 4.79 Å². The Morgan fingerprint density at radius 2 is 1.96 bits per heavy atom. The van der Waals surface area contributed by atoms with Crippen molar-refractivity contribution in [3.8, 4) is 5.75 Å². The summed E-state index contributed by atoms with van der Waals surface area (Å²) in [6.07, 6.45) is 0. The minimum Gasteiger partial charge on any atom is -0.484 e. The molecular formula is C18H14FNO4. The van der Waals surface area contributed by atoms with E-state index < -0.39 is 5.63 Å². The van der Waals surface area contributed by atoms with Crippen LogP contribution in [-0.2, 0) is 11.3 Å². The van der Waals surface area contributed by atoms with Gasteiger partial charge in [-0.15, -0.1) is 0 Å². The van der Waals surface area contributed by atoms with Crippen LogP contribution >= 0.6 is 0 Å². The van der Waals surface area contributed by atoms with Gasteiger partial charge in [-0.25, -0.2) is 9.18 Å². The third-order valence-electron chi connectivity index (χ3n) is 3.34. The normalized spacial score (nSPS) is 10.5. The maximum absolute atomic E-state index is 13.0. The molecule has 0 spiro atoms. The monoisotopic (exact) mass is 327 g/mol. The van der Waals surface area contributed by atoms with Gasteiger partial charge in [-0.05, 0) is 35.9 Å². The van der Waals surface area contributed by atoms with E-state index in [1.54, 1.807) is 36.4 Å². The lowest BCUT2D eigenvalue weighted by molar-refractivity contribution is -0.123. The van der Waals surface area contributed by atoms with E-state index in [1.165, 1.54) is 18.2 Å². The second kappa shape index (κ2) is 6.95. The number of carbonyl (C=O) groups is 1. The number of halogens is 1. The van der Waals surface area contributed by atoms with Crippen LogP contribution in [0.2, 0.25) is 0 Å². The van der Waals surface area contributed by atoms with Crippen molar-refractivity contribution in [1.29, 1.82) is 0 Å². The summed E-state index contributed by atoms with van der Waals surface area (Å²) in [7, 11) is 0. The van der Waals surface area contributed by atoms with Crippen LogP contribution in [0.15, 0.2) is 63.8 Å². The molecule has 5 nitrogen and oxygen atoms in total. The highest BCUT2D eigenvalue weighted by Crippen LogP contribution is 2.19. The number of nitrogens with one attached hydrogen (secondary N) is 1. The number of amides is 1. The lowest BCUT2D eigenvalue weighted by Crippen LogP contribution is -2.28. The van der Waals surface area contributed by atoms with Crippen LogP contribution in [0.3, 0.4) is 0 Å². The van der Waals surface area contributed by atoms with E-state index in [1.807, 2.05) is 0 Å². The fourth-order valence-electron chi connectivity index (χ4n) is 2.18. The van der Waals surface area contributed by atoms with Crippen LogP contribution < -0.4 is 15.7 Å². The zero-order chi connectivity index (χ0) is 16.9. The molecule has 0 saturated heterocycles. The molecule has 0 atom stereocenters. The molecule has 1 N–H and O–H groups in total. The highest BCUT2D eigenvalue weighted by molar-refractivity contribution is 5.79. The van der Waals surface area contributed by atoms with Gasteiger partial charge < -0.3 is 14.5 Å². The van der Waals surface area contributed by atoms with Crippen molar-refractivity contribution in [2.24, 2.45) is 0 Å². The molecule has 0 fully saturated rings. The van der Waals surface area contributed by atoms with Crippen LogP contribution in [0.25, 0.3) is 11.0 Å². The van der Waals surface area contributed by atoms with Gasteiger partial charge in [-0.2, -0.15) is 0 Å². The van der Waals surface area contributed by atoms with Crippen LogP contribution in [-0.4, -0.2) is 12.5 Å². The van der Waals surface area contributed by atoms with Gasteiger partial charge in [0.1, 0.15) is 17.1 Å². The van der Waals surface area contributed by atoms with E-state index in [0.717, 1.165) is 5.39 Å². The van der Waals surface area contributed by atoms with Crippen molar-refractivity contribution >= 4 is 16.9 Å². The molecule has 6 heteroatoms. The number of fused-ring (bicyclic) bond motifs is 1. The van der Waals surface area contributed by atoms with Gasteiger partial charge in [0.2, 0.25) is 0 Å². The van der Waals surface area contributed by atoms with E-state index in [9.17, 15) is 14.0 Å². The maximum atomic E-state index is 13.0. The van der Waals surface area contributed by atoms with Crippen molar-refractivity contribution < 1.29 is 18.3 Å². The maximum Gasteiger partial charge on any atom is 0.336 e. The number of hydrogen-bond donors (Lipinski definition) is 1. The largest absolute Gasteiger partial charge is 0.484 e. The van der Waals surface area contributed by atoms with Crippen molar-refractivity contribution in [3.05, 3.63) is 76.4 Å². The Morgan fingerprint density at radius 3 is 2.79 bits per heavy atom. The summed E-state index contributed by atoms with van der Waals surface area (Å²) in [4.78, 5) is 23.0. The zero-order valence-electron chi connectivity index (χ0n) is 12.6. The summed E-state index contributed by atoms with van der Waals surface area (Å²) in [6, 6.07) is 13.9. The smallest absolute Gasteiger partial charge is 0.336 e. The molecule has 3 aromatic rings. The molecule has 1 heterocycles. The lowest BCUT2D eigenvalue weighted by Gasteiger charge is -2.08. The Hall–Kier alpha value is -3.15. The molecule has 0 aliphatic carbocycles. The van der Waals surface area contributed by atoms with Crippen LogP contribution in [0.5, 0.6) is 5.75 Å². The molecule has 1 amide bonds. The fraction of sp³-hybridized carbons (Fsp3) is 0.111. The van der Waals surface area contributed by atoms with E-state index in [4.69, 9.17) is 9.15 Å². The van der Waals surface area contributed by atoms with Crippen molar-refractivity contribution in [1.82, 2.24) is 5.32 Å². The van der Waals surface area contributed by atoms with Gasteiger partial charge >= 0.3 is 5.63 Å². The average Bonchev–Trinajstić information content (AvgIpc) is 2.58. The van der Waals surface area contributed by atoms with E-state index in [2.05, 4.69) is 5.32 Å². The van der Waals surface area contributed by atoms with E-state index in [-0.39, 0.29) is 24.9 Å². The van der Waals surface area contributed by atoms with E-state index >= 15 is 0 Å². The standard InChI is InChI=1S/C18H14FNO4/c19-14-3-1-2-12(8-14)10-20-17(21)11-23-15-6-4-13-5-7-18(22)24-16(13)9-15/h1-9H,10-11H2,(H,20,21). The third kappa shape index (κ3) is 3.98. The number of carbonyl (C=O) groups excluding carboxylic acids is 1. The third-order valence-corrected chi connectivity index (χ3v) is 3.34. The van der Waals surface area contributed by atoms with Gasteiger partial charge in [0.15, 0.2) is 6.61 Å². The molecular weight excluding hydrogens is 313 g/mol. The summed E-state index contributed by atoms with van der Waals surface area (Å²) in [5.74, 6) is -0.276. The minimum atomic E-state index is -0.451. The minimum absolute atomic E-state index is 0.197.